The van der Waals surface area contributed by atoms with Crippen molar-refractivity contribution in [1.82, 2.24) is 5.32 Å². The molecular formula is C61H119NO3. The van der Waals surface area contributed by atoms with Crippen LogP contribution in [0.2, 0.25) is 0 Å². The molecule has 0 aliphatic rings. The summed E-state index contributed by atoms with van der Waals surface area (Å²) in [5.74, 6) is -0.0240. The van der Waals surface area contributed by atoms with Gasteiger partial charge in [0.05, 0.1) is 18.8 Å². The number of aliphatic hydroxyl groups excluding tert-OH is 2. The van der Waals surface area contributed by atoms with E-state index >= 15 is 0 Å². The number of aliphatic hydroxyl groups is 2. The molecule has 4 nitrogen and oxygen atoms in total. The molecule has 386 valence electrons. The van der Waals surface area contributed by atoms with Gasteiger partial charge in [-0.05, 0) is 44.9 Å². The summed E-state index contributed by atoms with van der Waals surface area (Å²) in [5.41, 5.74) is 0. The normalized spacial score (nSPS) is 12.9. The van der Waals surface area contributed by atoms with Crippen molar-refractivity contribution in [3.05, 3.63) is 24.3 Å². The Morgan fingerprint density at radius 3 is 0.923 bits per heavy atom. The van der Waals surface area contributed by atoms with Gasteiger partial charge in [-0.1, -0.05) is 314 Å². The standard InChI is InChI=1S/C61H119NO3/c1-3-5-7-9-11-13-15-17-19-21-22-23-24-25-26-27-28-29-30-31-32-33-34-35-36-37-38-39-40-41-43-45-47-49-51-53-55-57-61(65)62-59(58-63)60(64)56-54-52-50-48-46-44-42-20-18-16-14-12-10-8-6-4-2/h15,17,21-22,59-60,63-64H,3-14,16,18-20,23-58H2,1-2H3,(H,62,65)/b17-15-,22-21-. The lowest BCUT2D eigenvalue weighted by Crippen LogP contribution is -2.45. The molecule has 0 rings (SSSR count). The molecule has 0 aromatic heterocycles. The Labute approximate surface area is 409 Å². The number of amides is 1. The Kier molecular flexibility index (Phi) is 56.2. The maximum atomic E-state index is 12.5. The minimum absolute atomic E-state index is 0.0240. The van der Waals surface area contributed by atoms with Crippen LogP contribution in [0, 0.1) is 0 Å². The fraction of sp³-hybridized carbons (Fsp3) is 0.918. The van der Waals surface area contributed by atoms with E-state index in [1.54, 1.807) is 0 Å². The van der Waals surface area contributed by atoms with Crippen molar-refractivity contribution in [3.8, 4) is 0 Å². The van der Waals surface area contributed by atoms with Crippen molar-refractivity contribution in [3.63, 3.8) is 0 Å². The smallest absolute Gasteiger partial charge is 0.220 e. The molecule has 0 aliphatic heterocycles. The summed E-state index contributed by atoms with van der Waals surface area (Å²) in [7, 11) is 0. The molecule has 0 aromatic rings. The number of unbranched alkanes of at least 4 members (excludes halogenated alkanes) is 45. The van der Waals surface area contributed by atoms with Gasteiger partial charge < -0.3 is 15.5 Å². The molecule has 0 fully saturated rings. The minimum Gasteiger partial charge on any atom is -0.394 e. The SMILES string of the molecule is CCCCCCC/C=C\C/C=C\CCCCCCCCCCCCCCCCCCCCCCCCCCCC(=O)NC(CO)C(O)CCCCCCCCCCCCCCCCCC. The van der Waals surface area contributed by atoms with Gasteiger partial charge in [-0.25, -0.2) is 0 Å². The van der Waals surface area contributed by atoms with Crippen LogP contribution in [0.4, 0.5) is 0 Å². The van der Waals surface area contributed by atoms with E-state index in [2.05, 4.69) is 43.5 Å². The minimum atomic E-state index is -0.656. The van der Waals surface area contributed by atoms with Crippen molar-refractivity contribution in [2.45, 2.75) is 353 Å². The molecule has 65 heavy (non-hydrogen) atoms. The second kappa shape index (κ2) is 57.2. The second-order valence-electron chi connectivity index (χ2n) is 20.8. The van der Waals surface area contributed by atoms with Crippen molar-refractivity contribution in [2.75, 3.05) is 6.61 Å². The molecule has 0 aromatic carbocycles. The molecule has 4 heteroatoms. The van der Waals surface area contributed by atoms with E-state index in [1.165, 1.54) is 283 Å². The highest BCUT2D eigenvalue weighted by molar-refractivity contribution is 5.76. The first-order chi connectivity index (χ1) is 32.2. The van der Waals surface area contributed by atoms with Gasteiger partial charge in [0.15, 0.2) is 0 Å². The Balaban J connectivity index is 3.36. The van der Waals surface area contributed by atoms with Crippen molar-refractivity contribution < 1.29 is 15.0 Å². The van der Waals surface area contributed by atoms with Crippen LogP contribution in [-0.4, -0.2) is 34.9 Å². The number of hydrogen-bond acceptors (Lipinski definition) is 3. The predicted molar refractivity (Wildman–Crippen MR) is 290 cm³/mol. The van der Waals surface area contributed by atoms with Crippen LogP contribution in [0.5, 0.6) is 0 Å². The van der Waals surface area contributed by atoms with Gasteiger partial charge in [0.1, 0.15) is 0 Å². The van der Waals surface area contributed by atoms with Gasteiger partial charge in [-0.3, -0.25) is 4.79 Å². The molecule has 2 atom stereocenters. The second-order valence-corrected chi connectivity index (χ2v) is 20.8. The fourth-order valence-corrected chi connectivity index (χ4v) is 9.63. The van der Waals surface area contributed by atoms with Gasteiger partial charge in [0.2, 0.25) is 5.91 Å². The first-order valence-corrected chi connectivity index (χ1v) is 30.0. The first-order valence-electron chi connectivity index (χ1n) is 30.0. The number of nitrogens with one attached hydrogen (secondary N) is 1. The van der Waals surface area contributed by atoms with Crippen LogP contribution >= 0.6 is 0 Å². The van der Waals surface area contributed by atoms with Gasteiger partial charge in [-0.2, -0.15) is 0 Å². The number of allylic oxidation sites excluding steroid dienone is 4. The topological polar surface area (TPSA) is 69.6 Å². The average molecular weight is 915 g/mol. The third kappa shape index (κ3) is 53.7. The van der Waals surface area contributed by atoms with E-state index < -0.39 is 12.1 Å². The van der Waals surface area contributed by atoms with Crippen molar-refractivity contribution in [2.24, 2.45) is 0 Å². The number of rotatable bonds is 56. The first kappa shape index (κ1) is 63.9. The van der Waals surface area contributed by atoms with Gasteiger partial charge in [-0.15, -0.1) is 0 Å². The van der Waals surface area contributed by atoms with E-state index in [0.29, 0.717) is 12.8 Å². The van der Waals surface area contributed by atoms with E-state index in [-0.39, 0.29) is 12.5 Å². The molecule has 2 unspecified atom stereocenters. The summed E-state index contributed by atoms with van der Waals surface area (Å²) in [6.45, 7) is 4.38. The van der Waals surface area contributed by atoms with Crippen LogP contribution in [0.25, 0.3) is 0 Å². The van der Waals surface area contributed by atoms with Crippen molar-refractivity contribution in [1.29, 1.82) is 0 Å². The lowest BCUT2D eigenvalue weighted by atomic mass is 10.0. The summed E-state index contributed by atoms with van der Waals surface area (Å²) in [5, 5.41) is 23.3. The maximum absolute atomic E-state index is 12.5. The molecule has 0 saturated heterocycles. The third-order valence-corrected chi connectivity index (χ3v) is 14.2. The summed E-state index contributed by atoms with van der Waals surface area (Å²) in [6, 6.07) is -0.533. The molecular weight excluding hydrogens is 795 g/mol. The Morgan fingerprint density at radius 1 is 0.369 bits per heavy atom. The zero-order valence-electron chi connectivity index (χ0n) is 44.5. The van der Waals surface area contributed by atoms with E-state index in [1.807, 2.05) is 0 Å². The van der Waals surface area contributed by atoms with E-state index in [0.717, 1.165) is 32.1 Å². The summed E-state index contributed by atoms with van der Waals surface area (Å²) >= 11 is 0. The molecule has 0 aliphatic carbocycles. The molecule has 1 amide bonds. The molecule has 0 radical (unpaired) electrons. The maximum Gasteiger partial charge on any atom is 0.220 e. The zero-order chi connectivity index (χ0) is 47.0. The summed E-state index contributed by atoms with van der Waals surface area (Å²) in [6.07, 6.45) is 76.2. The lowest BCUT2D eigenvalue weighted by molar-refractivity contribution is -0.123. The lowest BCUT2D eigenvalue weighted by Gasteiger charge is -2.22. The number of carbonyl (C=O) groups is 1. The highest BCUT2D eigenvalue weighted by Gasteiger charge is 2.20. The molecule has 0 saturated carbocycles. The number of hydrogen-bond donors (Lipinski definition) is 3. The number of carbonyl (C=O) groups excluding carboxylic acids is 1. The van der Waals surface area contributed by atoms with Crippen LogP contribution in [-0.2, 0) is 4.79 Å². The monoisotopic (exact) mass is 914 g/mol. The summed E-state index contributed by atoms with van der Waals surface area (Å²) in [4.78, 5) is 12.5. The predicted octanol–water partition coefficient (Wildman–Crippen LogP) is 19.9. The Bertz CT molecular complexity index is 947. The Morgan fingerprint density at radius 2 is 0.631 bits per heavy atom. The third-order valence-electron chi connectivity index (χ3n) is 14.2. The largest absolute Gasteiger partial charge is 0.394 e. The summed E-state index contributed by atoms with van der Waals surface area (Å²) < 4.78 is 0. The highest BCUT2D eigenvalue weighted by Crippen LogP contribution is 2.18. The van der Waals surface area contributed by atoms with E-state index in [4.69, 9.17) is 0 Å². The zero-order valence-corrected chi connectivity index (χ0v) is 44.5. The fourth-order valence-electron chi connectivity index (χ4n) is 9.63. The molecule has 0 heterocycles. The molecule has 3 N–H and O–H groups in total. The van der Waals surface area contributed by atoms with Crippen LogP contribution in [0.15, 0.2) is 24.3 Å². The van der Waals surface area contributed by atoms with Crippen molar-refractivity contribution >= 4 is 5.91 Å². The molecule has 0 spiro atoms. The van der Waals surface area contributed by atoms with Gasteiger partial charge in [0, 0.05) is 6.42 Å². The van der Waals surface area contributed by atoms with Crippen LogP contribution in [0.1, 0.15) is 341 Å². The van der Waals surface area contributed by atoms with Gasteiger partial charge in [0.25, 0.3) is 0 Å². The highest BCUT2D eigenvalue weighted by atomic mass is 16.3. The molecule has 0 bridgehead atoms. The quantitative estimate of drug-likeness (QED) is 0.0421. The van der Waals surface area contributed by atoms with Gasteiger partial charge >= 0.3 is 0 Å². The van der Waals surface area contributed by atoms with Crippen LogP contribution in [0.3, 0.4) is 0 Å². The Hall–Kier alpha value is -1.13. The van der Waals surface area contributed by atoms with E-state index in [9.17, 15) is 15.0 Å². The average Bonchev–Trinajstić information content (AvgIpc) is 3.31. The van der Waals surface area contributed by atoms with Crippen LogP contribution < -0.4 is 5.32 Å².